The van der Waals surface area contributed by atoms with Crippen molar-refractivity contribution in [1.82, 2.24) is 0 Å². The first-order valence-corrected chi connectivity index (χ1v) is 7.08. The molecule has 7 heteroatoms. The maximum atomic E-state index is 11.6. The lowest BCUT2D eigenvalue weighted by molar-refractivity contribution is -0.117. The predicted octanol–water partition coefficient (Wildman–Crippen LogP) is 0.400. The molecule has 1 aromatic carbocycles. The summed E-state index contributed by atoms with van der Waals surface area (Å²) in [6, 6.07) is 5.03. The number of sulfonamides is 1. The van der Waals surface area contributed by atoms with E-state index < -0.39 is 16.1 Å². The molecule has 1 rings (SSSR count). The molecule has 1 amide bonds. The number of benzene rings is 1. The fourth-order valence-electron chi connectivity index (χ4n) is 1.41. The fourth-order valence-corrected chi connectivity index (χ4v) is 1.92. The third-order valence-electron chi connectivity index (χ3n) is 2.39. The molecule has 1 aromatic rings. The van der Waals surface area contributed by atoms with Crippen LogP contribution in [0.25, 0.3) is 0 Å². The lowest BCUT2D eigenvalue weighted by atomic mass is 10.1. The van der Waals surface area contributed by atoms with Gasteiger partial charge >= 0.3 is 0 Å². The standard InChI is InChI=1S/C11H17N3O3S/c1-2-3-10(12)11(15)14-8-4-6-9(7-5-8)18(13,16)17/h4-7,10H,2-3,12H2,1H3,(H,14,15)(H2,13,16,17)/t10-/m1/s1. The first kappa shape index (κ1) is 14.6. The maximum Gasteiger partial charge on any atom is 0.241 e. The highest BCUT2D eigenvalue weighted by Crippen LogP contribution is 2.13. The summed E-state index contributed by atoms with van der Waals surface area (Å²) in [6.07, 6.45) is 1.42. The second-order valence-corrected chi connectivity index (χ2v) is 5.52. The van der Waals surface area contributed by atoms with Crippen LogP contribution in [0.5, 0.6) is 0 Å². The molecular weight excluding hydrogens is 254 g/mol. The first-order valence-electron chi connectivity index (χ1n) is 5.54. The highest BCUT2D eigenvalue weighted by molar-refractivity contribution is 7.89. The van der Waals surface area contributed by atoms with Crippen molar-refractivity contribution < 1.29 is 13.2 Å². The summed E-state index contributed by atoms with van der Waals surface area (Å²) >= 11 is 0. The van der Waals surface area contributed by atoms with Crippen LogP contribution in [0.1, 0.15) is 19.8 Å². The topological polar surface area (TPSA) is 115 Å². The number of nitrogens with one attached hydrogen (secondary N) is 1. The Hall–Kier alpha value is -1.44. The number of rotatable bonds is 5. The van der Waals surface area contributed by atoms with Crippen molar-refractivity contribution in [3.63, 3.8) is 0 Å². The van der Waals surface area contributed by atoms with Crippen molar-refractivity contribution in [2.75, 3.05) is 5.32 Å². The summed E-state index contributed by atoms with van der Waals surface area (Å²) in [7, 11) is -3.71. The van der Waals surface area contributed by atoms with E-state index in [2.05, 4.69) is 5.32 Å². The Morgan fingerprint density at radius 1 is 1.33 bits per heavy atom. The third kappa shape index (κ3) is 4.10. The van der Waals surface area contributed by atoms with Crippen LogP contribution in [0, 0.1) is 0 Å². The molecule has 0 saturated carbocycles. The van der Waals surface area contributed by atoms with Gasteiger partial charge in [-0.25, -0.2) is 13.6 Å². The molecule has 0 spiro atoms. The van der Waals surface area contributed by atoms with Gasteiger partial charge in [0.25, 0.3) is 0 Å². The zero-order chi connectivity index (χ0) is 13.8. The smallest absolute Gasteiger partial charge is 0.241 e. The van der Waals surface area contributed by atoms with Crippen LogP contribution < -0.4 is 16.2 Å². The number of hydrogen-bond donors (Lipinski definition) is 3. The van der Waals surface area contributed by atoms with E-state index in [1.54, 1.807) is 0 Å². The van der Waals surface area contributed by atoms with Crippen molar-refractivity contribution in [1.29, 1.82) is 0 Å². The van der Waals surface area contributed by atoms with Crippen LogP contribution in [0.4, 0.5) is 5.69 Å². The van der Waals surface area contributed by atoms with E-state index in [4.69, 9.17) is 10.9 Å². The minimum atomic E-state index is -3.71. The van der Waals surface area contributed by atoms with E-state index in [0.717, 1.165) is 6.42 Å². The van der Waals surface area contributed by atoms with Crippen LogP contribution in [0.2, 0.25) is 0 Å². The van der Waals surface area contributed by atoms with Crippen molar-refractivity contribution in [3.8, 4) is 0 Å². The Morgan fingerprint density at radius 2 is 1.89 bits per heavy atom. The van der Waals surface area contributed by atoms with Gasteiger partial charge in [0.05, 0.1) is 10.9 Å². The second kappa shape index (κ2) is 5.94. The average molecular weight is 271 g/mol. The summed E-state index contributed by atoms with van der Waals surface area (Å²) in [5.74, 6) is -0.291. The summed E-state index contributed by atoms with van der Waals surface area (Å²) in [5, 5.41) is 7.57. The molecule has 0 unspecified atom stereocenters. The van der Waals surface area contributed by atoms with Gasteiger partial charge in [0.1, 0.15) is 0 Å². The third-order valence-corrected chi connectivity index (χ3v) is 3.32. The summed E-state index contributed by atoms with van der Waals surface area (Å²) in [6.45, 7) is 1.94. The van der Waals surface area contributed by atoms with Crippen LogP contribution in [-0.2, 0) is 14.8 Å². The van der Waals surface area contributed by atoms with Gasteiger partial charge in [0, 0.05) is 5.69 Å². The highest BCUT2D eigenvalue weighted by Gasteiger charge is 2.13. The Kier molecular flexibility index (Phi) is 4.83. The maximum absolute atomic E-state index is 11.6. The van der Waals surface area contributed by atoms with Gasteiger partial charge in [-0.2, -0.15) is 0 Å². The Bertz CT molecular complexity index is 511. The Morgan fingerprint density at radius 3 is 2.33 bits per heavy atom. The van der Waals surface area contributed by atoms with Gasteiger partial charge in [0.15, 0.2) is 0 Å². The van der Waals surface area contributed by atoms with E-state index in [1.807, 2.05) is 6.92 Å². The van der Waals surface area contributed by atoms with Crippen molar-refractivity contribution in [2.24, 2.45) is 10.9 Å². The fraction of sp³-hybridized carbons (Fsp3) is 0.364. The van der Waals surface area contributed by atoms with Gasteiger partial charge in [-0.15, -0.1) is 0 Å². The average Bonchev–Trinajstić information content (AvgIpc) is 2.28. The molecule has 0 bridgehead atoms. The molecule has 6 nitrogen and oxygen atoms in total. The molecule has 0 aliphatic heterocycles. The molecule has 18 heavy (non-hydrogen) atoms. The molecule has 100 valence electrons. The number of carbonyl (C=O) groups is 1. The molecule has 0 aliphatic rings. The summed E-state index contributed by atoms with van der Waals surface area (Å²) < 4.78 is 22.1. The Balaban J connectivity index is 2.73. The van der Waals surface area contributed by atoms with Gasteiger partial charge in [-0.1, -0.05) is 13.3 Å². The number of primary sulfonamides is 1. The molecule has 0 heterocycles. The van der Waals surface area contributed by atoms with E-state index in [1.165, 1.54) is 24.3 Å². The molecule has 1 atom stereocenters. The summed E-state index contributed by atoms with van der Waals surface area (Å²) in [4.78, 5) is 11.6. The summed E-state index contributed by atoms with van der Waals surface area (Å²) in [5.41, 5.74) is 6.13. The van der Waals surface area contributed by atoms with Crippen LogP contribution >= 0.6 is 0 Å². The van der Waals surface area contributed by atoms with Gasteiger partial charge in [0.2, 0.25) is 15.9 Å². The molecule has 0 aromatic heterocycles. The number of amides is 1. The monoisotopic (exact) mass is 271 g/mol. The number of anilines is 1. The van der Waals surface area contributed by atoms with Gasteiger partial charge < -0.3 is 11.1 Å². The minimum Gasteiger partial charge on any atom is -0.325 e. The minimum absolute atomic E-state index is 0.00152. The van der Waals surface area contributed by atoms with Gasteiger partial charge in [-0.05, 0) is 30.7 Å². The van der Waals surface area contributed by atoms with E-state index >= 15 is 0 Å². The SMILES string of the molecule is CCC[C@@H](N)C(=O)Nc1ccc(S(N)(=O)=O)cc1. The lowest BCUT2D eigenvalue weighted by Gasteiger charge is -2.11. The largest absolute Gasteiger partial charge is 0.325 e. The van der Waals surface area contributed by atoms with Crippen molar-refractivity contribution >= 4 is 21.6 Å². The van der Waals surface area contributed by atoms with E-state index in [9.17, 15) is 13.2 Å². The van der Waals surface area contributed by atoms with Crippen LogP contribution in [-0.4, -0.2) is 20.4 Å². The number of nitrogens with two attached hydrogens (primary N) is 2. The molecule has 0 saturated heterocycles. The zero-order valence-electron chi connectivity index (χ0n) is 10.1. The Labute approximate surface area is 106 Å². The number of hydrogen-bond acceptors (Lipinski definition) is 4. The molecular formula is C11H17N3O3S. The first-order chi connectivity index (χ1) is 8.34. The van der Waals surface area contributed by atoms with Crippen molar-refractivity contribution in [2.45, 2.75) is 30.7 Å². The molecule has 0 fully saturated rings. The molecule has 0 aliphatic carbocycles. The van der Waals surface area contributed by atoms with Crippen LogP contribution in [0.15, 0.2) is 29.2 Å². The molecule has 0 radical (unpaired) electrons. The van der Waals surface area contributed by atoms with Gasteiger partial charge in [-0.3, -0.25) is 4.79 Å². The normalized spacial score (nSPS) is 13.1. The number of carbonyl (C=O) groups excluding carboxylic acids is 1. The second-order valence-electron chi connectivity index (χ2n) is 3.95. The highest BCUT2D eigenvalue weighted by atomic mass is 32.2. The molecule has 5 N–H and O–H groups in total. The van der Waals surface area contributed by atoms with E-state index in [0.29, 0.717) is 12.1 Å². The predicted molar refractivity (Wildman–Crippen MR) is 69.3 cm³/mol. The quantitative estimate of drug-likeness (QED) is 0.718. The van der Waals surface area contributed by atoms with Crippen LogP contribution in [0.3, 0.4) is 0 Å². The zero-order valence-corrected chi connectivity index (χ0v) is 10.9. The van der Waals surface area contributed by atoms with Crippen molar-refractivity contribution in [3.05, 3.63) is 24.3 Å². The lowest BCUT2D eigenvalue weighted by Crippen LogP contribution is -2.35. The van der Waals surface area contributed by atoms with E-state index in [-0.39, 0.29) is 10.8 Å².